The van der Waals surface area contributed by atoms with E-state index in [-0.39, 0.29) is 19.0 Å². The zero-order valence-corrected chi connectivity index (χ0v) is 15.4. The van der Waals surface area contributed by atoms with E-state index in [0.717, 1.165) is 30.4 Å². The standard InChI is InChI=1S/C16H23BrN2O2.ClH/c1-12(14-5-3-4-6-15(14)17)19-9-7-13(8-10-19)18(2)11-16(20)21;/h3-6,12-13H,7-11H2,1-2H3,(H,20,21);1H. The molecule has 0 aromatic heterocycles. The van der Waals surface area contributed by atoms with Crippen molar-refractivity contribution in [2.45, 2.75) is 31.8 Å². The Hall–Kier alpha value is -0.620. The molecule has 0 amide bonds. The molecule has 1 aromatic carbocycles. The van der Waals surface area contributed by atoms with Crippen LogP contribution in [0.2, 0.25) is 0 Å². The lowest BCUT2D eigenvalue weighted by Gasteiger charge is -2.39. The molecular formula is C16H24BrClN2O2. The fourth-order valence-electron chi connectivity index (χ4n) is 3.07. The number of carboxylic acids is 1. The van der Waals surface area contributed by atoms with Crippen molar-refractivity contribution in [3.8, 4) is 0 Å². The summed E-state index contributed by atoms with van der Waals surface area (Å²) < 4.78 is 1.16. The van der Waals surface area contributed by atoms with Gasteiger partial charge in [-0.15, -0.1) is 12.4 Å². The first kappa shape index (κ1) is 19.4. The Labute approximate surface area is 147 Å². The second kappa shape index (κ2) is 8.87. The molecule has 1 aromatic rings. The van der Waals surface area contributed by atoms with Gasteiger partial charge >= 0.3 is 5.97 Å². The molecule has 1 unspecified atom stereocenters. The maximum atomic E-state index is 10.8. The molecule has 0 bridgehead atoms. The van der Waals surface area contributed by atoms with Crippen LogP contribution in [-0.4, -0.2) is 53.6 Å². The maximum absolute atomic E-state index is 10.8. The van der Waals surface area contributed by atoms with Gasteiger partial charge in [-0.05, 0) is 38.4 Å². The normalized spacial score (nSPS) is 18.0. The molecule has 4 nitrogen and oxygen atoms in total. The van der Waals surface area contributed by atoms with Gasteiger partial charge in [0.1, 0.15) is 0 Å². The van der Waals surface area contributed by atoms with Gasteiger partial charge in [-0.2, -0.15) is 0 Å². The zero-order chi connectivity index (χ0) is 15.4. The van der Waals surface area contributed by atoms with E-state index in [0.29, 0.717) is 12.1 Å². The first-order valence-electron chi connectivity index (χ1n) is 7.39. The molecule has 0 aliphatic carbocycles. The van der Waals surface area contributed by atoms with Crippen LogP contribution in [0.15, 0.2) is 28.7 Å². The number of halogens is 2. The Kier molecular flexibility index (Phi) is 7.83. The lowest BCUT2D eigenvalue weighted by molar-refractivity contribution is -0.138. The summed E-state index contributed by atoms with van der Waals surface area (Å²) in [6.07, 6.45) is 2.05. The smallest absolute Gasteiger partial charge is 0.317 e. The minimum absolute atomic E-state index is 0. The highest BCUT2D eigenvalue weighted by atomic mass is 79.9. The fraction of sp³-hybridized carbons (Fsp3) is 0.562. The Bertz CT molecular complexity index is 493. The molecule has 1 saturated heterocycles. The summed E-state index contributed by atoms with van der Waals surface area (Å²) in [5, 5.41) is 8.88. The quantitative estimate of drug-likeness (QED) is 0.835. The van der Waals surface area contributed by atoms with Gasteiger partial charge in [-0.3, -0.25) is 14.6 Å². The molecule has 0 spiro atoms. The van der Waals surface area contributed by atoms with Crippen LogP contribution in [0.25, 0.3) is 0 Å². The van der Waals surface area contributed by atoms with Gasteiger partial charge in [-0.1, -0.05) is 34.1 Å². The minimum Gasteiger partial charge on any atom is -0.480 e. The molecule has 6 heteroatoms. The van der Waals surface area contributed by atoms with Gasteiger partial charge in [0.05, 0.1) is 6.54 Å². The lowest BCUT2D eigenvalue weighted by Crippen LogP contribution is -2.45. The predicted molar refractivity (Wildman–Crippen MR) is 94.7 cm³/mol. The molecule has 1 aliphatic rings. The molecule has 1 fully saturated rings. The first-order chi connectivity index (χ1) is 9.99. The number of aliphatic carboxylic acids is 1. The van der Waals surface area contributed by atoms with Crippen LogP contribution in [0, 0.1) is 0 Å². The van der Waals surface area contributed by atoms with E-state index in [1.54, 1.807) is 0 Å². The average Bonchev–Trinajstić information content (AvgIpc) is 2.46. The Morgan fingerprint density at radius 2 is 2.00 bits per heavy atom. The van der Waals surface area contributed by atoms with E-state index in [9.17, 15) is 4.79 Å². The molecule has 0 radical (unpaired) electrons. The summed E-state index contributed by atoms with van der Waals surface area (Å²) in [6.45, 7) is 4.39. The van der Waals surface area contributed by atoms with Crippen LogP contribution in [0.1, 0.15) is 31.4 Å². The van der Waals surface area contributed by atoms with Gasteiger partial charge < -0.3 is 5.11 Å². The van der Waals surface area contributed by atoms with E-state index in [1.165, 1.54) is 5.56 Å². The van der Waals surface area contributed by atoms with Crippen molar-refractivity contribution in [2.24, 2.45) is 0 Å². The fourth-order valence-corrected chi connectivity index (χ4v) is 3.68. The van der Waals surface area contributed by atoms with Gasteiger partial charge in [0.15, 0.2) is 0 Å². The van der Waals surface area contributed by atoms with Crippen LogP contribution >= 0.6 is 28.3 Å². The van der Waals surface area contributed by atoms with Crippen LogP contribution in [0.4, 0.5) is 0 Å². The second-order valence-electron chi connectivity index (χ2n) is 5.77. The van der Waals surface area contributed by atoms with Crippen molar-refractivity contribution < 1.29 is 9.90 Å². The van der Waals surface area contributed by atoms with Crippen molar-refractivity contribution in [2.75, 3.05) is 26.7 Å². The van der Waals surface area contributed by atoms with Crippen molar-refractivity contribution in [3.05, 3.63) is 34.3 Å². The highest BCUT2D eigenvalue weighted by molar-refractivity contribution is 9.10. The molecule has 1 heterocycles. The van der Waals surface area contributed by atoms with Crippen molar-refractivity contribution in [3.63, 3.8) is 0 Å². The molecule has 1 N–H and O–H groups in total. The number of likely N-dealkylation sites (tertiary alicyclic amines) is 1. The number of nitrogens with zero attached hydrogens (tertiary/aromatic N) is 2. The van der Waals surface area contributed by atoms with Gasteiger partial charge in [0, 0.05) is 29.6 Å². The first-order valence-corrected chi connectivity index (χ1v) is 8.19. The minimum atomic E-state index is -0.749. The van der Waals surface area contributed by atoms with E-state index < -0.39 is 5.97 Å². The summed E-state index contributed by atoms with van der Waals surface area (Å²) >= 11 is 3.63. The number of carboxylic acid groups (broad SMARTS) is 1. The van der Waals surface area contributed by atoms with E-state index in [2.05, 4.69) is 46.0 Å². The SMILES string of the molecule is CC(c1ccccc1Br)N1CCC(N(C)CC(=O)O)CC1.Cl. The summed E-state index contributed by atoms with van der Waals surface area (Å²) in [7, 11) is 1.91. The number of carbonyl (C=O) groups is 1. The predicted octanol–water partition coefficient (Wildman–Crippen LogP) is 3.41. The number of piperidine rings is 1. The summed E-state index contributed by atoms with van der Waals surface area (Å²) in [5.74, 6) is -0.749. The number of hydrogen-bond donors (Lipinski definition) is 1. The molecule has 1 atom stereocenters. The molecule has 2 rings (SSSR count). The number of likely N-dealkylation sites (N-methyl/N-ethyl adjacent to an activating group) is 1. The largest absolute Gasteiger partial charge is 0.480 e. The summed E-state index contributed by atoms with van der Waals surface area (Å²) in [5.41, 5.74) is 1.31. The van der Waals surface area contributed by atoms with Crippen LogP contribution in [-0.2, 0) is 4.79 Å². The van der Waals surface area contributed by atoms with Crippen molar-refractivity contribution in [1.82, 2.24) is 9.80 Å². The third-order valence-corrected chi connectivity index (χ3v) is 5.13. The highest BCUT2D eigenvalue weighted by Crippen LogP contribution is 2.30. The molecule has 0 saturated carbocycles. The van der Waals surface area contributed by atoms with Gasteiger partial charge in [-0.25, -0.2) is 0 Å². The molecule has 124 valence electrons. The topological polar surface area (TPSA) is 43.8 Å². The molecular weight excluding hydrogens is 368 g/mol. The molecule has 22 heavy (non-hydrogen) atoms. The number of hydrogen-bond acceptors (Lipinski definition) is 3. The summed E-state index contributed by atoms with van der Waals surface area (Å²) in [6, 6.07) is 9.11. The van der Waals surface area contributed by atoms with E-state index >= 15 is 0 Å². The Morgan fingerprint density at radius 1 is 1.41 bits per heavy atom. The average molecular weight is 392 g/mol. The van der Waals surface area contributed by atoms with Crippen LogP contribution in [0.3, 0.4) is 0 Å². The molecule has 1 aliphatic heterocycles. The Balaban J connectivity index is 0.00000242. The number of benzene rings is 1. The van der Waals surface area contributed by atoms with Crippen molar-refractivity contribution >= 4 is 34.3 Å². The van der Waals surface area contributed by atoms with Gasteiger partial charge in [0.2, 0.25) is 0 Å². The van der Waals surface area contributed by atoms with Crippen LogP contribution < -0.4 is 0 Å². The van der Waals surface area contributed by atoms with Gasteiger partial charge in [0.25, 0.3) is 0 Å². The second-order valence-corrected chi connectivity index (χ2v) is 6.63. The van der Waals surface area contributed by atoms with E-state index in [4.69, 9.17) is 5.11 Å². The highest BCUT2D eigenvalue weighted by Gasteiger charge is 2.27. The third kappa shape index (κ3) is 4.95. The Morgan fingerprint density at radius 3 is 2.55 bits per heavy atom. The monoisotopic (exact) mass is 390 g/mol. The van der Waals surface area contributed by atoms with E-state index in [1.807, 2.05) is 18.0 Å². The van der Waals surface area contributed by atoms with Crippen LogP contribution in [0.5, 0.6) is 0 Å². The number of rotatable bonds is 5. The summed E-state index contributed by atoms with van der Waals surface area (Å²) in [4.78, 5) is 15.2. The van der Waals surface area contributed by atoms with Crippen molar-refractivity contribution in [1.29, 1.82) is 0 Å². The third-order valence-electron chi connectivity index (χ3n) is 4.41. The maximum Gasteiger partial charge on any atom is 0.317 e. The lowest BCUT2D eigenvalue weighted by atomic mass is 9.99. The zero-order valence-electron chi connectivity index (χ0n) is 13.0.